The smallest absolute Gasteiger partial charge is 0.264 e. The number of pyridine rings is 1. The number of para-hydroxylation sites is 1. The van der Waals surface area contributed by atoms with Crippen LogP contribution in [0.3, 0.4) is 0 Å². The van der Waals surface area contributed by atoms with E-state index in [-0.39, 0.29) is 4.90 Å². The van der Waals surface area contributed by atoms with Gasteiger partial charge in [-0.05, 0) is 30.2 Å². The van der Waals surface area contributed by atoms with Crippen molar-refractivity contribution in [3.63, 3.8) is 0 Å². The van der Waals surface area contributed by atoms with Crippen LogP contribution in [0.5, 0.6) is 0 Å². The summed E-state index contributed by atoms with van der Waals surface area (Å²) in [7, 11) is -3.65. The summed E-state index contributed by atoms with van der Waals surface area (Å²) < 4.78 is 27.8. The molecule has 0 atom stereocenters. The van der Waals surface area contributed by atoms with E-state index in [1.807, 2.05) is 24.3 Å². The molecule has 0 saturated carbocycles. The molecule has 23 heavy (non-hydrogen) atoms. The van der Waals surface area contributed by atoms with Crippen LogP contribution >= 0.6 is 11.6 Å². The molecule has 4 rings (SSSR count). The number of benzene rings is 2. The van der Waals surface area contributed by atoms with Crippen molar-refractivity contribution in [2.75, 3.05) is 10.8 Å². The van der Waals surface area contributed by atoms with Crippen molar-refractivity contribution in [2.24, 2.45) is 0 Å². The number of hydrogen-bond donors (Lipinski definition) is 0. The van der Waals surface area contributed by atoms with E-state index in [0.717, 1.165) is 17.7 Å². The highest BCUT2D eigenvalue weighted by molar-refractivity contribution is 7.93. The van der Waals surface area contributed by atoms with Crippen LogP contribution in [0.4, 0.5) is 5.69 Å². The van der Waals surface area contributed by atoms with Gasteiger partial charge in [-0.1, -0.05) is 41.9 Å². The highest BCUT2D eigenvalue weighted by atomic mass is 35.5. The summed E-state index contributed by atoms with van der Waals surface area (Å²) in [6, 6.07) is 14.4. The van der Waals surface area contributed by atoms with Crippen LogP contribution in [0.2, 0.25) is 5.15 Å². The Morgan fingerprint density at radius 1 is 1.00 bits per heavy atom. The summed E-state index contributed by atoms with van der Waals surface area (Å²) >= 11 is 6.10. The molecule has 3 aromatic rings. The average molecular weight is 345 g/mol. The molecule has 1 aliphatic rings. The van der Waals surface area contributed by atoms with Gasteiger partial charge in [-0.2, -0.15) is 0 Å². The summed E-state index contributed by atoms with van der Waals surface area (Å²) in [4.78, 5) is 4.28. The number of rotatable bonds is 2. The molecule has 2 aromatic carbocycles. The normalized spacial score (nSPS) is 14.2. The monoisotopic (exact) mass is 344 g/mol. The zero-order valence-electron chi connectivity index (χ0n) is 12.1. The zero-order valence-corrected chi connectivity index (χ0v) is 13.7. The molecule has 2 heterocycles. The van der Waals surface area contributed by atoms with Crippen LogP contribution in [0, 0.1) is 0 Å². The third-order valence-electron chi connectivity index (χ3n) is 4.13. The Labute approximate surface area is 139 Å². The summed E-state index contributed by atoms with van der Waals surface area (Å²) in [6.45, 7) is 0.455. The number of hydrogen-bond acceptors (Lipinski definition) is 3. The molecule has 0 unspecified atom stereocenters. The number of sulfonamides is 1. The minimum Gasteiger partial charge on any atom is -0.266 e. The standard InChI is InChI=1S/C17H13ClN2O2S/c18-17-14-5-3-7-16(13(14)8-10-19-17)23(21,22)20-11-9-12-4-1-2-6-15(12)20/h1-8,10H,9,11H2. The minimum atomic E-state index is -3.65. The molecule has 0 spiro atoms. The largest absolute Gasteiger partial charge is 0.266 e. The van der Waals surface area contributed by atoms with Gasteiger partial charge in [0.2, 0.25) is 0 Å². The van der Waals surface area contributed by atoms with Crippen molar-refractivity contribution in [3.8, 4) is 0 Å². The molecule has 4 nitrogen and oxygen atoms in total. The van der Waals surface area contributed by atoms with E-state index < -0.39 is 10.0 Å². The SMILES string of the molecule is O=S(=O)(c1cccc2c(Cl)nccc12)N1CCc2ccccc21. The molecule has 0 amide bonds. The highest BCUT2D eigenvalue weighted by Gasteiger charge is 2.31. The summed E-state index contributed by atoms with van der Waals surface area (Å²) in [6.07, 6.45) is 2.25. The van der Waals surface area contributed by atoms with Crippen molar-refractivity contribution in [2.45, 2.75) is 11.3 Å². The van der Waals surface area contributed by atoms with Crippen molar-refractivity contribution < 1.29 is 8.42 Å². The highest BCUT2D eigenvalue weighted by Crippen LogP contribution is 2.35. The van der Waals surface area contributed by atoms with Gasteiger partial charge in [-0.25, -0.2) is 13.4 Å². The molecule has 1 aliphatic heterocycles. The maximum Gasteiger partial charge on any atom is 0.264 e. The Balaban J connectivity index is 1.93. The molecule has 0 bridgehead atoms. The first-order valence-electron chi connectivity index (χ1n) is 7.23. The fraction of sp³-hybridized carbons (Fsp3) is 0.118. The maximum absolute atomic E-state index is 13.2. The van der Waals surface area contributed by atoms with Gasteiger partial charge in [0, 0.05) is 23.5 Å². The zero-order chi connectivity index (χ0) is 16.0. The lowest BCUT2D eigenvalue weighted by atomic mass is 10.2. The van der Waals surface area contributed by atoms with Crippen LogP contribution in [-0.4, -0.2) is 19.9 Å². The molecular weight excluding hydrogens is 332 g/mol. The lowest BCUT2D eigenvalue weighted by Gasteiger charge is -2.20. The van der Waals surface area contributed by atoms with E-state index >= 15 is 0 Å². The van der Waals surface area contributed by atoms with E-state index in [9.17, 15) is 8.42 Å². The molecule has 0 aliphatic carbocycles. The molecular formula is C17H13ClN2O2S. The maximum atomic E-state index is 13.2. The van der Waals surface area contributed by atoms with Gasteiger partial charge < -0.3 is 0 Å². The fourth-order valence-electron chi connectivity index (χ4n) is 3.04. The predicted molar refractivity (Wildman–Crippen MR) is 91.4 cm³/mol. The number of aromatic nitrogens is 1. The first-order valence-corrected chi connectivity index (χ1v) is 9.05. The Morgan fingerprint density at radius 2 is 1.83 bits per heavy atom. The van der Waals surface area contributed by atoms with Crippen molar-refractivity contribution in [1.82, 2.24) is 4.98 Å². The Kier molecular flexibility index (Phi) is 3.28. The van der Waals surface area contributed by atoms with Crippen molar-refractivity contribution >= 4 is 38.1 Å². The van der Waals surface area contributed by atoms with Gasteiger partial charge in [-0.3, -0.25) is 4.31 Å². The van der Waals surface area contributed by atoms with E-state index in [1.165, 1.54) is 10.5 Å². The lowest BCUT2D eigenvalue weighted by Crippen LogP contribution is -2.29. The van der Waals surface area contributed by atoms with Gasteiger partial charge in [0.05, 0.1) is 10.6 Å². The molecule has 1 aromatic heterocycles. The second kappa shape index (κ2) is 5.22. The lowest BCUT2D eigenvalue weighted by molar-refractivity contribution is 0.593. The van der Waals surface area contributed by atoms with Gasteiger partial charge in [0.15, 0.2) is 0 Å². The number of fused-ring (bicyclic) bond motifs is 2. The first-order chi connectivity index (χ1) is 11.1. The first kappa shape index (κ1) is 14.5. The summed E-state index contributed by atoms with van der Waals surface area (Å²) in [5.41, 5.74) is 1.81. The molecule has 0 N–H and O–H groups in total. The van der Waals surface area contributed by atoms with E-state index in [4.69, 9.17) is 11.6 Å². The van der Waals surface area contributed by atoms with Gasteiger partial charge in [0.1, 0.15) is 5.15 Å². The quantitative estimate of drug-likeness (QED) is 0.667. The number of nitrogens with zero attached hydrogens (tertiary/aromatic N) is 2. The minimum absolute atomic E-state index is 0.260. The van der Waals surface area contributed by atoms with Crippen LogP contribution in [0.25, 0.3) is 10.8 Å². The molecule has 0 radical (unpaired) electrons. The Bertz CT molecular complexity index is 1020. The molecule has 116 valence electrons. The summed E-state index contributed by atoms with van der Waals surface area (Å²) in [5.74, 6) is 0. The summed E-state index contributed by atoms with van der Waals surface area (Å²) in [5, 5.41) is 1.54. The second-order valence-electron chi connectivity index (χ2n) is 5.41. The van der Waals surface area contributed by atoms with Crippen LogP contribution in [0.15, 0.2) is 59.6 Å². The molecule has 0 saturated heterocycles. The third kappa shape index (κ3) is 2.19. The van der Waals surface area contributed by atoms with Gasteiger partial charge in [0.25, 0.3) is 10.0 Å². The van der Waals surface area contributed by atoms with E-state index in [1.54, 1.807) is 24.3 Å². The Hall–Kier alpha value is -2.11. The molecule has 0 fully saturated rings. The Morgan fingerprint density at radius 3 is 2.70 bits per heavy atom. The van der Waals surface area contributed by atoms with E-state index in [0.29, 0.717) is 22.5 Å². The van der Waals surface area contributed by atoms with Crippen molar-refractivity contribution in [1.29, 1.82) is 0 Å². The topological polar surface area (TPSA) is 50.3 Å². The van der Waals surface area contributed by atoms with Crippen LogP contribution in [0.1, 0.15) is 5.56 Å². The average Bonchev–Trinajstić information content (AvgIpc) is 2.99. The van der Waals surface area contributed by atoms with Gasteiger partial charge in [-0.15, -0.1) is 0 Å². The second-order valence-corrected chi connectivity index (χ2v) is 7.60. The van der Waals surface area contributed by atoms with Crippen molar-refractivity contribution in [3.05, 3.63) is 65.4 Å². The number of halogens is 1. The predicted octanol–water partition coefficient (Wildman–Crippen LogP) is 3.64. The third-order valence-corrected chi connectivity index (χ3v) is 6.30. The van der Waals surface area contributed by atoms with Crippen LogP contribution < -0.4 is 4.31 Å². The molecule has 6 heteroatoms. The van der Waals surface area contributed by atoms with E-state index in [2.05, 4.69) is 4.98 Å². The number of anilines is 1. The van der Waals surface area contributed by atoms with Gasteiger partial charge >= 0.3 is 0 Å². The van der Waals surface area contributed by atoms with Crippen LogP contribution in [-0.2, 0) is 16.4 Å². The fourth-order valence-corrected chi connectivity index (χ4v) is 4.98.